The van der Waals surface area contributed by atoms with Gasteiger partial charge in [-0.1, -0.05) is 12.1 Å². The van der Waals surface area contributed by atoms with E-state index in [1.54, 1.807) is 0 Å². The summed E-state index contributed by atoms with van der Waals surface area (Å²) < 4.78 is 19.2. The van der Waals surface area contributed by atoms with Gasteiger partial charge in [-0.3, -0.25) is 10.1 Å². The summed E-state index contributed by atoms with van der Waals surface area (Å²) in [6, 6.07) is 14.0. The van der Waals surface area contributed by atoms with Crippen LogP contribution in [0.5, 0.6) is 5.75 Å². The molecule has 0 spiro atoms. The highest BCUT2D eigenvalue weighted by molar-refractivity contribution is 6.05. The van der Waals surface area contributed by atoms with Crippen molar-refractivity contribution in [1.82, 2.24) is 4.57 Å². The molecule has 1 aliphatic carbocycles. The van der Waals surface area contributed by atoms with Crippen LogP contribution in [0.25, 0.3) is 22.2 Å². The van der Waals surface area contributed by atoms with Crippen LogP contribution in [0.4, 0.5) is 10.5 Å². The number of carbonyl (C=O) groups excluding carboxylic acids is 2. The van der Waals surface area contributed by atoms with Crippen molar-refractivity contribution in [1.29, 1.82) is 0 Å². The average molecular weight is 477 g/mol. The number of aldehydes is 1. The molecule has 0 atom stereocenters. The lowest BCUT2D eigenvalue weighted by Gasteiger charge is -2.30. The molecule has 1 saturated carbocycles. The van der Waals surface area contributed by atoms with Gasteiger partial charge in [0, 0.05) is 41.6 Å². The van der Waals surface area contributed by atoms with E-state index in [1.807, 2.05) is 50.2 Å². The molecule has 0 bridgehead atoms. The first kappa shape index (κ1) is 23.4. The van der Waals surface area contributed by atoms with Gasteiger partial charge in [0.1, 0.15) is 11.9 Å². The van der Waals surface area contributed by atoms with Crippen molar-refractivity contribution < 1.29 is 23.8 Å². The van der Waals surface area contributed by atoms with Gasteiger partial charge in [-0.15, -0.1) is 0 Å². The molecular formula is C28H32N2O5. The first-order valence-electron chi connectivity index (χ1n) is 12.5. The van der Waals surface area contributed by atoms with Crippen molar-refractivity contribution in [3.8, 4) is 17.0 Å². The maximum Gasteiger partial charge on any atom is 0.411 e. The van der Waals surface area contributed by atoms with Gasteiger partial charge in [0.05, 0.1) is 30.5 Å². The van der Waals surface area contributed by atoms with Crippen LogP contribution >= 0.6 is 0 Å². The highest BCUT2D eigenvalue weighted by Crippen LogP contribution is 2.43. The highest BCUT2D eigenvalue weighted by Gasteiger charge is 2.28. The minimum Gasteiger partial charge on any atom is -0.490 e. The zero-order valence-corrected chi connectivity index (χ0v) is 20.3. The van der Waals surface area contributed by atoms with E-state index in [4.69, 9.17) is 14.2 Å². The number of nitrogens with zero attached hydrogens (tertiary/aromatic N) is 1. The van der Waals surface area contributed by atoms with E-state index in [9.17, 15) is 9.59 Å². The van der Waals surface area contributed by atoms with Gasteiger partial charge in [0.2, 0.25) is 0 Å². The molecule has 7 heteroatoms. The van der Waals surface area contributed by atoms with Crippen LogP contribution in [-0.2, 0) is 9.47 Å². The molecule has 1 N–H and O–H groups in total. The molecule has 5 rings (SSSR count). The van der Waals surface area contributed by atoms with Crippen molar-refractivity contribution in [3.63, 3.8) is 0 Å². The number of aromatic nitrogens is 1. The number of rotatable bonds is 7. The molecule has 0 unspecified atom stereocenters. The van der Waals surface area contributed by atoms with E-state index < -0.39 is 6.09 Å². The predicted octanol–water partition coefficient (Wildman–Crippen LogP) is 6.36. The zero-order valence-electron chi connectivity index (χ0n) is 20.3. The molecule has 1 aromatic heterocycles. The topological polar surface area (TPSA) is 78.8 Å². The van der Waals surface area contributed by atoms with Crippen molar-refractivity contribution >= 4 is 29.0 Å². The molecule has 2 heterocycles. The Balaban J connectivity index is 1.51. The Bertz CT molecular complexity index is 1200. The molecule has 2 aliphatic rings. The first-order valence-corrected chi connectivity index (χ1v) is 12.5. The third-order valence-corrected chi connectivity index (χ3v) is 6.79. The van der Waals surface area contributed by atoms with Gasteiger partial charge in [0.25, 0.3) is 0 Å². The molecule has 1 aliphatic heterocycles. The summed E-state index contributed by atoms with van der Waals surface area (Å²) in [6.07, 6.45) is 5.55. The summed E-state index contributed by atoms with van der Waals surface area (Å²) in [5.74, 6) is 0.828. The van der Waals surface area contributed by atoms with Gasteiger partial charge in [0.15, 0.2) is 6.29 Å². The Morgan fingerprint density at radius 3 is 2.46 bits per heavy atom. The van der Waals surface area contributed by atoms with Crippen molar-refractivity contribution in [3.05, 3.63) is 48.0 Å². The Labute approximate surface area is 205 Å². The Kier molecular flexibility index (Phi) is 6.77. The Hall–Kier alpha value is -3.32. The fourth-order valence-electron chi connectivity index (χ4n) is 4.89. The standard InChI is InChI=1S/C28H32N2O5/c1-18(2)34-28(32)29-20-8-6-19(7-9-20)27-25(17-31)24-11-10-23(35-22-12-14-33-15-13-22)16-26(24)30(27)21-4-3-5-21/h6-11,16-18,21-22H,3-5,12-15H2,1-2H3,(H,29,32). The minimum absolute atomic E-state index is 0.153. The first-order chi connectivity index (χ1) is 17.0. The summed E-state index contributed by atoms with van der Waals surface area (Å²) in [5.41, 5.74) is 4.21. The second kappa shape index (κ2) is 10.1. The lowest BCUT2D eigenvalue weighted by atomic mass is 9.92. The number of hydrogen-bond donors (Lipinski definition) is 1. The number of fused-ring (bicyclic) bond motifs is 1. The van der Waals surface area contributed by atoms with Crippen molar-refractivity contribution in [2.75, 3.05) is 18.5 Å². The lowest BCUT2D eigenvalue weighted by Crippen LogP contribution is -2.25. The predicted molar refractivity (Wildman–Crippen MR) is 135 cm³/mol. The van der Waals surface area contributed by atoms with E-state index in [0.29, 0.717) is 17.3 Å². The third kappa shape index (κ3) is 4.91. The maximum atomic E-state index is 12.3. The average Bonchev–Trinajstić information content (AvgIpc) is 3.12. The Morgan fingerprint density at radius 2 is 1.83 bits per heavy atom. The fraction of sp³-hybridized carbons (Fsp3) is 0.429. The molecule has 0 radical (unpaired) electrons. The summed E-state index contributed by atoms with van der Waals surface area (Å²) in [5, 5.41) is 3.68. The van der Waals surface area contributed by atoms with Crippen molar-refractivity contribution in [2.24, 2.45) is 0 Å². The van der Waals surface area contributed by atoms with Crippen LogP contribution in [0.2, 0.25) is 0 Å². The maximum absolute atomic E-state index is 12.3. The van der Waals surface area contributed by atoms with Gasteiger partial charge >= 0.3 is 6.09 Å². The summed E-state index contributed by atoms with van der Waals surface area (Å²) in [4.78, 5) is 24.3. The van der Waals surface area contributed by atoms with Crippen LogP contribution in [-0.4, -0.2) is 42.4 Å². The SMILES string of the molecule is CC(C)OC(=O)Nc1ccc(-c2c(C=O)c3ccc(OC4CCOCC4)cc3n2C2CCC2)cc1. The Morgan fingerprint density at radius 1 is 1.09 bits per heavy atom. The van der Waals surface area contributed by atoms with Crippen molar-refractivity contribution in [2.45, 2.75) is 64.2 Å². The molecular weight excluding hydrogens is 444 g/mol. The number of ether oxygens (including phenoxy) is 3. The normalized spacial score (nSPS) is 16.8. The number of amides is 1. The van der Waals surface area contributed by atoms with E-state index >= 15 is 0 Å². The molecule has 35 heavy (non-hydrogen) atoms. The number of hydrogen-bond acceptors (Lipinski definition) is 5. The number of anilines is 1. The third-order valence-electron chi connectivity index (χ3n) is 6.79. The smallest absolute Gasteiger partial charge is 0.411 e. The molecule has 2 fully saturated rings. The van der Waals surface area contributed by atoms with Crippen LogP contribution in [0.3, 0.4) is 0 Å². The van der Waals surface area contributed by atoms with Crippen LogP contribution in [0.15, 0.2) is 42.5 Å². The second-order valence-electron chi connectivity index (χ2n) is 9.60. The molecule has 1 saturated heterocycles. The second-order valence-corrected chi connectivity index (χ2v) is 9.60. The molecule has 184 valence electrons. The highest BCUT2D eigenvalue weighted by atomic mass is 16.6. The largest absolute Gasteiger partial charge is 0.490 e. The van der Waals surface area contributed by atoms with Gasteiger partial charge in [-0.25, -0.2) is 4.79 Å². The lowest BCUT2D eigenvalue weighted by molar-refractivity contribution is 0.0256. The van der Waals surface area contributed by atoms with Crippen LogP contribution in [0, 0.1) is 0 Å². The molecule has 3 aromatic rings. The number of nitrogens with one attached hydrogen (secondary N) is 1. The molecule has 1 amide bonds. The number of benzene rings is 2. The van der Waals surface area contributed by atoms with Gasteiger partial charge < -0.3 is 18.8 Å². The van der Waals surface area contributed by atoms with E-state index in [-0.39, 0.29) is 12.2 Å². The van der Waals surface area contributed by atoms with Crippen LogP contribution in [0.1, 0.15) is 62.4 Å². The van der Waals surface area contributed by atoms with E-state index in [0.717, 1.165) is 73.1 Å². The van der Waals surface area contributed by atoms with Gasteiger partial charge in [-0.2, -0.15) is 0 Å². The fourth-order valence-corrected chi connectivity index (χ4v) is 4.89. The van der Waals surface area contributed by atoms with E-state index in [2.05, 4.69) is 16.0 Å². The summed E-state index contributed by atoms with van der Waals surface area (Å²) in [6.45, 7) is 5.07. The van der Waals surface area contributed by atoms with Gasteiger partial charge in [-0.05, 0) is 62.9 Å². The minimum atomic E-state index is -0.484. The van der Waals surface area contributed by atoms with E-state index in [1.165, 1.54) is 6.42 Å². The number of carbonyl (C=O) groups is 2. The quantitative estimate of drug-likeness (QED) is 0.401. The molecule has 2 aromatic carbocycles. The monoisotopic (exact) mass is 476 g/mol. The molecule has 7 nitrogen and oxygen atoms in total. The zero-order chi connectivity index (χ0) is 24.4. The summed E-state index contributed by atoms with van der Waals surface area (Å²) >= 11 is 0. The summed E-state index contributed by atoms with van der Waals surface area (Å²) in [7, 11) is 0. The van der Waals surface area contributed by atoms with Crippen LogP contribution < -0.4 is 10.1 Å².